The maximum absolute atomic E-state index is 9.53. The van der Waals surface area contributed by atoms with Crippen LogP contribution in [0.15, 0.2) is 0 Å². The van der Waals surface area contributed by atoms with Crippen LogP contribution in [0.4, 0.5) is 0 Å². The van der Waals surface area contributed by atoms with Gasteiger partial charge in [0.1, 0.15) is 0 Å². The summed E-state index contributed by atoms with van der Waals surface area (Å²) >= 11 is 0. The lowest BCUT2D eigenvalue weighted by Gasteiger charge is -2.39. The molecule has 2 nitrogen and oxygen atoms in total. The highest BCUT2D eigenvalue weighted by Crippen LogP contribution is 2.40. The van der Waals surface area contributed by atoms with Gasteiger partial charge in [0.25, 0.3) is 0 Å². The average molecular weight is 255 g/mol. The van der Waals surface area contributed by atoms with Gasteiger partial charge in [0.05, 0.1) is 6.10 Å². The van der Waals surface area contributed by atoms with Crippen LogP contribution in [0.1, 0.15) is 72.6 Å². The quantitative estimate of drug-likeness (QED) is 0.726. The lowest BCUT2D eigenvalue weighted by atomic mass is 9.69. The Kier molecular flexibility index (Phi) is 6.65. The summed E-state index contributed by atoms with van der Waals surface area (Å²) < 4.78 is 0. The summed E-state index contributed by atoms with van der Waals surface area (Å²) in [6, 6.07) is 0.693. The highest BCUT2D eigenvalue weighted by molar-refractivity contribution is 4.84. The van der Waals surface area contributed by atoms with E-state index in [9.17, 15) is 5.11 Å². The van der Waals surface area contributed by atoms with Gasteiger partial charge in [-0.05, 0) is 56.4 Å². The van der Waals surface area contributed by atoms with Gasteiger partial charge in [-0.15, -0.1) is 0 Å². The van der Waals surface area contributed by atoms with Gasteiger partial charge in [0.2, 0.25) is 0 Å². The SMILES string of the molecule is CCC(O)CCNC1CCC(C(C)(C)CC)CC1. The van der Waals surface area contributed by atoms with Crippen LogP contribution in [0.5, 0.6) is 0 Å². The summed E-state index contributed by atoms with van der Waals surface area (Å²) in [7, 11) is 0. The molecule has 1 aliphatic rings. The Morgan fingerprint density at radius 1 is 1.17 bits per heavy atom. The van der Waals surface area contributed by atoms with Gasteiger partial charge in [-0.1, -0.05) is 34.1 Å². The first-order valence-electron chi connectivity index (χ1n) is 7.91. The molecule has 0 spiro atoms. The molecule has 2 heteroatoms. The van der Waals surface area contributed by atoms with E-state index in [1.54, 1.807) is 0 Å². The molecule has 0 radical (unpaired) electrons. The maximum atomic E-state index is 9.53. The predicted molar refractivity (Wildman–Crippen MR) is 78.7 cm³/mol. The van der Waals surface area contributed by atoms with Crippen molar-refractivity contribution in [3.8, 4) is 0 Å². The fourth-order valence-electron chi connectivity index (χ4n) is 3.03. The van der Waals surface area contributed by atoms with Crippen molar-refractivity contribution in [2.75, 3.05) is 6.54 Å². The number of aliphatic hydroxyl groups is 1. The lowest BCUT2D eigenvalue weighted by Crippen LogP contribution is -2.37. The fraction of sp³-hybridized carbons (Fsp3) is 1.00. The van der Waals surface area contributed by atoms with Crippen molar-refractivity contribution in [2.45, 2.75) is 84.8 Å². The molecule has 0 aromatic heterocycles. The van der Waals surface area contributed by atoms with Crippen molar-refractivity contribution in [1.82, 2.24) is 5.32 Å². The second-order valence-corrected chi connectivity index (χ2v) is 6.70. The zero-order valence-electron chi connectivity index (χ0n) is 12.8. The summed E-state index contributed by atoms with van der Waals surface area (Å²) in [6.45, 7) is 10.2. The molecular weight excluding hydrogens is 222 g/mol. The molecule has 1 fully saturated rings. The fourth-order valence-corrected chi connectivity index (χ4v) is 3.03. The molecule has 0 aliphatic heterocycles. The minimum atomic E-state index is -0.118. The van der Waals surface area contributed by atoms with Crippen molar-refractivity contribution in [2.24, 2.45) is 11.3 Å². The lowest BCUT2D eigenvalue weighted by molar-refractivity contribution is 0.131. The van der Waals surface area contributed by atoms with Crippen molar-refractivity contribution in [3.63, 3.8) is 0 Å². The van der Waals surface area contributed by atoms with Gasteiger partial charge >= 0.3 is 0 Å². The number of nitrogens with one attached hydrogen (secondary N) is 1. The maximum Gasteiger partial charge on any atom is 0.0549 e. The predicted octanol–water partition coefficient (Wildman–Crippen LogP) is 3.73. The number of aliphatic hydroxyl groups excluding tert-OH is 1. The highest BCUT2D eigenvalue weighted by Gasteiger charge is 2.31. The summed E-state index contributed by atoms with van der Waals surface area (Å²) in [6.07, 6.45) is 8.32. The zero-order chi connectivity index (χ0) is 13.6. The Balaban J connectivity index is 2.19. The standard InChI is InChI=1S/C16H33NO/c1-5-15(18)11-12-17-14-9-7-13(8-10-14)16(3,4)6-2/h13-15,17-18H,5-12H2,1-4H3. The first-order valence-corrected chi connectivity index (χ1v) is 7.91. The molecule has 0 aromatic carbocycles. The van der Waals surface area contributed by atoms with E-state index in [0.29, 0.717) is 11.5 Å². The highest BCUT2D eigenvalue weighted by atomic mass is 16.3. The third-order valence-electron chi connectivity index (χ3n) is 5.13. The Labute approximate surface area is 114 Å². The molecule has 1 unspecified atom stereocenters. The van der Waals surface area contributed by atoms with E-state index in [1.165, 1.54) is 32.1 Å². The topological polar surface area (TPSA) is 32.3 Å². The monoisotopic (exact) mass is 255 g/mol. The Morgan fingerprint density at radius 3 is 2.28 bits per heavy atom. The van der Waals surface area contributed by atoms with Crippen LogP contribution in [-0.4, -0.2) is 23.8 Å². The van der Waals surface area contributed by atoms with Gasteiger partial charge in [0, 0.05) is 6.04 Å². The Hall–Kier alpha value is -0.0800. The normalized spacial score (nSPS) is 27.2. The second-order valence-electron chi connectivity index (χ2n) is 6.70. The smallest absolute Gasteiger partial charge is 0.0549 e. The van der Waals surface area contributed by atoms with Gasteiger partial charge in [-0.25, -0.2) is 0 Å². The minimum Gasteiger partial charge on any atom is -0.393 e. The van der Waals surface area contributed by atoms with E-state index in [-0.39, 0.29) is 6.10 Å². The van der Waals surface area contributed by atoms with Crippen molar-refractivity contribution < 1.29 is 5.11 Å². The number of rotatable bonds is 7. The summed E-state index contributed by atoms with van der Waals surface area (Å²) in [5.74, 6) is 0.904. The molecule has 108 valence electrons. The molecule has 0 bridgehead atoms. The van der Waals surface area contributed by atoms with Crippen LogP contribution in [0.3, 0.4) is 0 Å². The average Bonchev–Trinajstić information content (AvgIpc) is 2.39. The third kappa shape index (κ3) is 4.89. The molecule has 18 heavy (non-hydrogen) atoms. The molecule has 1 aliphatic carbocycles. The summed E-state index contributed by atoms with van der Waals surface area (Å²) in [5.41, 5.74) is 0.517. The molecule has 0 aromatic rings. The van der Waals surface area contributed by atoms with E-state index in [0.717, 1.165) is 25.3 Å². The van der Waals surface area contributed by atoms with E-state index < -0.39 is 0 Å². The first kappa shape index (κ1) is 16.0. The number of hydrogen-bond donors (Lipinski definition) is 2. The molecule has 2 N–H and O–H groups in total. The van der Waals surface area contributed by atoms with E-state index in [4.69, 9.17) is 0 Å². The molecule has 0 heterocycles. The van der Waals surface area contributed by atoms with Crippen molar-refractivity contribution in [3.05, 3.63) is 0 Å². The molecule has 1 rings (SSSR count). The second kappa shape index (κ2) is 7.49. The first-order chi connectivity index (χ1) is 8.49. The molecule has 1 saturated carbocycles. The molecule has 1 atom stereocenters. The molecular formula is C16H33NO. The van der Waals surface area contributed by atoms with Gasteiger partial charge in [-0.3, -0.25) is 0 Å². The van der Waals surface area contributed by atoms with Gasteiger partial charge in [-0.2, -0.15) is 0 Å². The van der Waals surface area contributed by atoms with E-state index >= 15 is 0 Å². The minimum absolute atomic E-state index is 0.118. The zero-order valence-corrected chi connectivity index (χ0v) is 12.8. The van der Waals surface area contributed by atoms with Crippen LogP contribution in [0.25, 0.3) is 0 Å². The summed E-state index contributed by atoms with van der Waals surface area (Å²) in [5, 5.41) is 13.1. The van der Waals surface area contributed by atoms with Crippen molar-refractivity contribution in [1.29, 1.82) is 0 Å². The number of hydrogen-bond acceptors (Lipinski definition) is 2. The van der Waals surface area contributed by atoms with Crippen LogP contribution in [-0.2, 0) is 0 Å². The molecule has 0 saturated heterocycles. The van der Waals surface area contributed by atoms with Gasteiger partial charge in [0.15, 0.2) is 0 Å². The van der Waals surface area contributed by atoms with Crippen LogP contribution < -0.4 is 5.32 Å². The summed E-state index contributed by atoms with van der Waals surface area (Å²) in [4.78, 5) is 0. The van der Waals surface area contributed by atoms with Gasteiger partial charge < -0.3 is 10.4 Å². The van der Waals surface area contributed by atoms with Crippen LogP contribution in [0.2, 0.25) is 0 Å². The van der Waals surface area contributed by atoms with Crippen LogP contribution in [0, 0.1) is 11.3 Å². The largest absolute Gasteiger partial charge is 0.393 e. The van der Waals surface area contributed by atoms with E-state index in [1.807, 2.05) is 6.92 Å². The van der Waals surface area contributed by atoms with E-state index in [2.05, 4.69) is 26.1 Å². The van der Waals surface area contributed by atoms with Crippen molar-refractivity contribution >= 4 is 0 Å². The van der Waals surface area contributed by atoms with Crippen LogP contribution >= 0.6 is 0 Å². The Bertz CT molecular complexity index is 219. The molecule has 0 amide bonds. The Morgan fingerprint density at radius 2 is 1.78 bits per heavy atom. The third-order valence-corrected chi connectivity index (χ3v) is 5.13.